The minimum Gasteiger partial charge on any atom is -0.497 e. The second-order valence-electron chi connectivity index (χ2n) is 6.77. The van der Waals surface area contributed by atoms with Gasteiger partial charge in [0.15, 0.2) is 0 Å². The Labute approximate surface area is 139 Å². The highest BCUT2D eigenvalue weighted by Gasteiger charge is 2.27. The highest BCUT2D eigenvalue weighted by Crippen LogP contribution is 2.44. The van der Waals surface area contributed by atoms with Gasteiger partial charge in [-0.3, -0.25) is 0 Å². The van der Waals surface area contributed by atoms with Gasteiger partial charge in [0.05, 0.1) is 7.11 Å². The predicted octanol–water partition coefficient (Wildman–Crippen LogP) is 5.63. The van der Waals surface area contributed by atoms with Crippen molar-refractivity contribution >= 4 is 5.57 Å². The number of allylic oxidation sites excluding steroid dienone is 1. The van der Waals surface area contributed by atoms with Crippen molar-refractivity contribution < 1.29 is 4.74 Å². The average Bonchev–Trinajstić information content (AvgIpc) is 3.15. The van der Waals surface area contributed by atoms with E-state index in [1.807, 2.05) is 0 Å². The van der Waals surface area contributed by atoms with Crippen molar-refractivity contribution in [3.05, 3.63) is 70.8 Å². The summed E-state index contributed by atoms with van der Waals surface area (Å²) in [6.07, 6.45) is 7.88. The number of aryl methyl sites for hydroxylation is 1. The standard InChI is InChI=1S/C22H24O/c1-23-19-12-14-21-18(15-19)11-13-20(16-7-5-6-8-16)22(21)17-9-3-2-4-10-17/h2-4,9-10,12,14-16H,5-8,11,13H2,1H3. The lowest BCUT2D eigenvalue weighted by molar-refractivity contribution is 0.414. The fourth-order valence-electron chi connectivity index (χ4n) is 4.34. The molecule has 118 valence electrons. The molecule has 0 aromatic heterocycles. The molecule has 2 aliphatic rings. The van der Waals surface area contributed by atoms with Crippen LogP contribution in [-0.4, -0.2) is 7.11 Å². The molecule has 0 radical (unpaired) electrons. The normalized spacial score (nSPS) is 18.1. The largest absolute Gasteiger partial charge is 0.497 e. The zero-order valence-corrected chi connectivity index (χ0v) is 13.8. The zero-order valence-electron chi connectivity index (χ0n) is 13.8. The topological polar surface area (TPSA) is 9.23 Å². The van der Waals surface area contributed by atoms with Gasteiger partial charge in [0.2, 0.25) is 0 Å². The maximum absolute atomic E-state index is 5.43. The number of fused-ring (bicyclic) bond motifs is 1. The molecular weight excluding hydrogens is 280 g/mol. The van der Waals surface area contributed by atoms with Crippen LogP contribution in [0, 0.1) is 5.92 Å². The van der Waals surface area contributed by atoms with Gasteiger partial charge in [-0.15, -0.1) is 0 Å². The van der Waals surface area contributed by atoms with Crippen molar-refractivity contribution in [2.75, 3.05) is 7.11 Å². The maximum atomic E-state index is 5.43. The first kappa shape index (κ1) is 14.6. The molecule has 0 bridgehead atoms. The Balaban J connectivity index is 1.88. The molecule has 4 rings (SSSR count). The summed E-state index contributed by atoms with van der Waals surface area (Å²) in [6.45, 7) is 0. The number of hydrogen-bond acceptors (Lipinski definition) is 1. The van der Waals surface area contributed by atoms with Crippen molar-refractivity contribution in [2.45, 2.75) is 38.5 Å². The van der Waals surface area contributed by atoms with Gasteiger partial charge in [-0.2, -0.15) is 0 Å². The molecule has 0 heterocycles. The van der Waals surface area contributed by atoms with E-state index in [0.29, 0.717) is 0 Å². The van der Waals surface area contributed by atoms with Crippen LogP contribution in [0.1, 0.15) is 48.8 Å². The third kappa shape index (κ3) is 2.69. The third-order valence-electron chi connectivity index (χ3n) is 5.48. The molecule has 2 aromatic carbocycles. The van der Waals surface area contributed by atoms with Gasteiger partial charge in [-0.1, -0.05) is 54.8 Å². The van der Waals surface area contributed by atoms with Gasteiger partial charge in [0.1, 0.15) is 5.75 Å². The Morgan fingerprint density at radius 2 is 1.70 bits per heavy atom. The summed E-state index contributed by atoms with van der Waals surface area (Å²) in [5.74, 6) is 1.76. The molecule has 0 spiro atoms. The summed E-state index contributed by atoms with van der Waals surface area (Å²) >= 11 is 0. The number of methoxy groups -OCH3 is 1. The average molecular weight is 304 g/mol. The predicted molar refractivity (Wildman–Crippen MR) is 95.7 cm³/mol. The number of ether oxygens (including phenoxy) is 1. The molecule has 2 aromatic rings. The Hall–Kier alpha value is -2.02. The van der Waals surface area contributed by atoms with Gasteiger partial charge in [0.25, 0.3) is 0 Å². The van der Waals surface area contributed by atoms with Crippen molar-refractivity contribution in [1.29, 1.82) is 0 Å². The Morgan fingerprint density at radius 3 is 2.43 bits per heavy atom. The second-order valence-corrected chi connectivity index (χ2v) is 6.77. The molecule has 0 aliphatic heterocycles. The van der Waals surface area contributed by atoms with E-state index < -0.39 is 0 Å². The first-order valence-electron chi connectivity index (χ1n) is 8.82. The van der Waals surface area contributed by atoms with Crippen LogP contribution in [0.5, 0.6) is 5.75 Å². The summed E-state index contributed by atoms with van der Waals surface area (Å²) in [5, 5.41) is 0. The van der Waals surface area contributed by atoms with Crippen LogP contribution in [0.15, 0.2) is 54.1 Å². The van der Waals surface area contributed by atoms with E-state index in [2.05, 4.69) is 48.5 Å². The molecule has 1 saturated carbocycles. The highest BCUT2D eigenvalue weighted by atomic mass is 16.5. The van der Waals surface area contributed by atoms with Crippen LogP contribution in [-0.2, 0) is 6.42 Å². The van der Waals surface area contributed by atoms with Gasteiger partial charge in [-0.05, 0) is 66.0 Å². The lowest BCUT2D eigenvalue weighted by Crippen LogP contribution is -2.12. The van der Waals surface area contributed by atoms with Crippen LogP contribution in [0.2, 0.25) is 0 Å². The Kier molecular flexibility index (Phi) is 3.95. The van der Waals surface area contributed by atoms with E-state index in [4.69, 9.17) is 4.74 Å². The first-order chi connectivity index (χ1) is 11.4. The summed E-state index contributed by atoms with van der Waals surface area (Å²) in [5.41, 5.74) is 7.43. The van der Waals surface area contributed by atoms with E-state index in [-0.39, 0.29) is 0 Å². The monoisotopic (exact) mass is 304 g/mol. The minimum atomic E-state index is 0.792. The van der Waals surface area contributed by atoms with E-state index >= 15 is 0 Å². The lowest BCUT2D eigenvalue weighted by atomic mass is 9.77. The van der Waals surface area contributed by atoms with Crippen LogP contribution < -0.4 is 4.74 Å². The molecule has 0 amide bonds. The van der Waals surface area contributed by atoms with Gasteiger partial charge >= 0.3 is 0 Å². The Morgan fingerprint density at radius 1 is 0.913 bits per heavy atom. The number of benzene rings is 2. The summed E-state index contributed by atoms with van der Waals surface area (Å²) in [6, 6.07) is 17.6. The van der Waals surface area contributed by atoms with Crippen molar-refractivity contribution in [3.63, 3.8) is 0 Å². The molecule has 2 aliphatic carbocycles. The first-order valence-corrected chi connectivity index (χ1v) is 8.82. The maximum Gasteiger partial charge on any atom is 0.119 e. The molecule has 0 N–H and O–H groups in total. The lowest BCUT2D eigenvalue weighted by Gasteiger charge is -2.28. The van der Waals surface area contributed by atoms with Crippen LogP contribution in [0.3, 0.4) is 0 Å². The van der Waals surface area contributed by atoms with Crippen LogP contribution in [0.25, 0.3) is 5.57 Å². The van der Waals surface area contributed by atoms with E-state index in [0.717, 1.165) is 18.1 Å². The molecule has 1 fully saturated rings. The minimum absolute atomic E-state index is 0.792. The summed E-state index contributed by atoms with van der Waals surface area (Å²) in [4.78, 5) is 0. The Bertz CT molecular complexity index is 721. The smallest absolute Gasteiger partial charge is 0.119 e. The van der Waals surface area contributed by atoms with Crippen molar-refractivity contribution in [1.82, 2.24) is 0 Å². The summed E-state index contributed by atoms with van der Waals surface area (Å²) < 4.78 is 5.43. The molecule has 0 atom stereocenters. The fourth-order valence-corrected chi connectivity index (χ4v) is 4.34. The number of hydrogen-bond donors (Lipinski definition) is 0. The van der Waals surface area contributed by atoms with Gasteiger partial charge < -0.3 is 4.74 Å². The molecule has 0 unspecified atom stereocenters. The molecule has 1 nitrogen and oxygen atoms in total. The SMILES string of the molecule is COc1ccc2c(c1)CCC(C1CCCC1)=C2c1ccccc1. The van der Waals surface area contributed by atoms with E-state index in [9.17, 15) is 0 Å². The fraction of sp³-hybridized carbons (Fsp3) is 0.364. The van der Waals surface area contributed by atoms with E-state index in [1.165, 1.54) is 54.4 Å². The van der Waals surface area contributed by atoms with Crippen molar-refractivity contribution in [2.24, 2.45) is 5.92 Å². The summed E-state index contributed by atoms with van der Waals surface area (Å²) in [7, 11) is 1.75. The number of rotatable bonds is 3. The van der Waals surface area contributed by atoms with Gasteiger partial charge in [-0.25, -0.2) is 0 Å². The van der Waals surface area contributed by atoms with Crippen LogP contribution in [0.4, 0.5) is 0 Å². The van der Waals surface area contributed by atoms with E-state index in [1.54, 1.807) is 12.7 Å². The van der Waals surface area contributed by atoms with Crippen molar-refractivity contribution in [3.8, 4) is 5.75 Å². The second kappa shape index (κ2) is 6.23. The molecule has 23 heavy (non-hydrogen) atoms. The quantitative estimate of drug-likeness (QED) is 0.713. The third-order valence-corrected chi connectivity index (χ3v) is 5.48. The molecule has 1 heteroatoms. The highest BCUT2D eigenvalue weighted by molar-refractivity contribution is 5.85. The van der Waals surface area contributed by atoms with Gasteiger partial charge in [0, 0.05) is 0 Å². The van der Waals surface area contributed by atoms with Crippen LogP contribution >= 0.6 is 0 Å². The molecular formula is C22H24O. The zero-order chi connectivity index (χ0) is 15.6. The molecule has 0 saturated heterocycles.